The molecule has 0 N–H and O–H groups in total. The molecule has 0 fully saturated rings. The fraction of sp³-hybridized carbons (Fsp3) is 0.111. The number of benzene rings is 3. The van der Waals surface area contributed by atoms with Crippen molar-refractivity contribution in [3.63, 3.8) is 0 Å². The van der Waals surface area contributed by atoms with Crippen molar-refractivity contribution in [3.05, 3.63) is 120 Å². The number of esters is 3. The van der Waals surface area contributed by atoms with E-state index in [-0.39, 0.29) is 16.7 Å². The van der Waals surface area contributed by atoms with Gasteiger partial charge in [-0.25, -0.2) is 14.4 Å². The Balaban J connectivity index is 1.61. The van der Waals surface area contributed by atoms with E-state index in [2.05, 4.69) is 0 Å². The topological polar surface area (TPSA) is 96.0 Å². The maximum atomic E-state index is 12.8. The zero-order valence-electron chi connectivity index (χ0n) is 17.9. The summed E-state index contributed by atoms with van der Waals surface area (Å²) in [5, 5.41) is 0. The van der Waals surface area contributed by atoms with Gasteiger partial charge in [0, 0.05) is 0 Å². The molecule has 1 aliphatic carbocycles. The molecule has 4 rings (SSSR count). The van der Waals surface area contributed by atoms with E-state index in [0.717, 1.165) is 6.08 Å². The fourth-order valence-corrected chi connectivity index (χ4v) is 3.38. The Morgan fingerprint density at radius 1 is 0.559 bits per heavy atom. The number of hydrogen-bond donors (Lipinski definition) is 0. The van der Waals surface area contributed by atoms with Crippen LogP contribution < -0.4 is 0 Å². The summed E-state index contributed by atoms with van der Waals surface area (Å²) in [6.07, 6.45) is -1.58. The summed E-state index contributed by atoms with van der Waals surface area (Å²) < 4.78 is 16.6. The van der Waals surface area contributed by atoms with Crippen molar-refractivity contribution < 1.29 is 33.4 Å². The normalized spacial score (nSPS) is 19.2. The van der Waals surface area contributed by atoms with Gasteiger partial charge in [0.25, 0.3) is 0 Å². The van der Waals surface area contributed by atoms with E-state index < -0.39 is 42.0 Å². The Bertz CT molecular complexity index is 1200. The van der Waals surface area contributed by atoms with Crippen molar-refractivity contribution in [2.75, 3.05) is 0 Å². The highest BCUT2D eigenvalue weighted by Gasteiger charge is 2.43. The summed E-state index contributed by atoms with van der Waals surface area (Å²) in [6, 6.07) is 24.5. The Morgan fingerprint density at radius 2 is 0.971 bits per heavy atom. The highest BCUT2D eigenvalue weighted by Crippen LogP contribution is 2.23. The smallest absolute Gasteiger partial charge is 0.338 e. The Hall–Kier alpha value is -4.52. The number of hydrogen-bond acceptors (Lipinski definition) is 7. The van der Waals surface area contributed by atoms with Gasteiger partial charge in [0.2, 0.25) is 6.10 Å². The van der Waals surface area contributed by atoms with Gasteiger partial charge in [-0.05, 0) is 48.6 Å². The lowest BCUT2D eigenvalue weighted by Gasteiger charge is -2.32. The van der Waals surface area contributed by atoms with Gasteiger partial charge in [0.05, 0.1) is 16.7 Å². The monoisotopic (exact) mass is 456 g/mol. The number of ether oxygens (including phenoxy) is 3. The van der Waals surface area contributed by atoms with Crippen molar-refractivity contribution in [2.24, 2.45) is 0 Å². The number of rotatable bonds is 6. The summed E-state index contributed by atoms with van der Waals surface area (Å²) in [5.74, 6) is -2.81. The van der Waals surface area contributed by atoms with Gasteiger partial charge in [0.15, 0.2) is 18.0 Å². The summed E-state index contributed by atoms with van der Waals surface area (Å²) in [6.45, 7) is 0. The van der Waals surface area contributed by atoms with Gasteiger partial charge in [-0.15, -0.1) is 0 Å². The molecule has 0 bridgehead atoms. The van der Waals surface area contributed by atoms with Crippen LogP contribution in [0, 0.1) is 0 Å². The molecule has 0 unspecified atom stereocenters. The molecule has 3 aromatic rings. The molecule has 0 saturated heterocycles. The van der Waals surface area contributed by atoms with Gasteiger partial charge in [-0.1, -0.05) is 54.6 Å². The molecule has 0 aromatic heterocycles. The van der Waals surface area contributed by atoms with Crippen LogP contribution in [0.15, 0.2) is 103 Å². The third kappa shape index (κ3) is 5.27. The minimum absolute atomic E-state index is 0.218. The van der Waals surface area contributed by atoms with Crippen molar-refractivity contribution in [1.29, 1.82) is 0 Å². The Kier molecular flexibility index (Phi) is 6.93. The molecule has 0 aliphatic heterocycles. The van der Waals surface area contributed by atoms with E-state index in [0.29, 0.717) is 0 Å². The van der Waals surface area contributed by atoms with Gasteiger partial charge < -0.3 is 14.2 Å². The Morgan fingerprint density at radius 3 is 1.44 bits per heavy atom. The SMILES string of the molecule is O=C(O[C@@H]1[C@@H](OC(=O)c2ccccc2)C=CC(=O)[C@H]1OC(=O)c1ccccc1)c1ccccc1. The molecule has 170 valence electrons. The molecule has 7 nitrogen and oxygen atoms in total. The summed E-state index contributed by atoms with van der Waals surface area (Å²) >= 11 is 0. The van der Waals surface area contributed by atoms with E-state index in [1.165, 1.54) is 18.2 Å². The lowest BCUT2D eigenvalue weighted by molar-refractivity contribution is -0.136. The second kappa shape index (κ2) is 10.4. The minimum Gasteiger partial charge on any atom is -0.450 e. The molecular formula is C27H20O7. The van der Waals surface area contributed by atoms with Crippen LogP contribution in [0.4, 0.5) is 0 Å². The molecule has 34 heavy (non-hydrogen) atoms. The molecule has 1 aliphatic rings. The highest BCUT2D eigenvalue weighted by atomic mass is 16.6. The van der Waals surface area contributed by atoms with Crippen LogP contribution in [0.1, 0.15) is 31.1 Å². The van der Waals surface area contributed by atoms with Gasteiger partial charge >= 0.3 is 17.9 Å². The first-order valence-corrected chi connectivity index (χ1v) is 10.5. The third-order valence-electron chi connectivity index (χ3n) is 5.10. The van der Waals surface area contributed by atoms with Crippen molar-refractivity contribution in [1.82, 2.24) is 0 Å². The molecule has 0 saturated carbocycles. The predicted molar refractivity (Wildman–Crippen MR) is 121 cm³/mol. The molecule has 0 spiro atoms. The fourth-order valence-electron chi connectivity index (χ4n) is 3.38. The number of carbonyl (C=O) groups is 4. The summed E-state index contributed by atoms with van der Waals surface area (Å²) in [4.78, 5) is 50.8. The second-order valence-electron chi connectivity index (χ2n) is 7.43. The number of ketones is 1. The average Bonchev–Trinajstić information content (AvgIpc) is 2.89. The molecule has 0 radical (unpaired) electrons. The quantitative estimate of drug-likeness (QED) is 0.411. The van der Waals surface area contributed by atoms with E-state index in [9.17, 15) is 19.2 Å². The summed E-state index contributed by atoms with van der Waals surface area (Å²) in [5.41, 5.74) is 0.723. The minimum atomic E-state index is -1.50. The maximum Gasteiger partial charge on any atom is 0.338 e. The van der Waals surface area contributed by atoms with Crippen LogP contribution in [-0.4, -0.2) is 42.0 Å². The van der Waals surface area contributed by atoms with Crippen LogP contribution in [0.2, 0.25) is 0 Å². The lowest BCUT2D eigenvalue weighted by Crippen LogP contribution is -2.50. The van der Waals surface area contributed by atoms with Crippen LogP contribution in [-0.2, 0) is 19.0 Å². The first-order chi connectivity index (χ1) is 16.5. The van der Waals surface area contributed by atoms with E-state index in [4.69, 9.17) is 14.2 Å². The molecular weight excluding hydrogens is 436 g/mol. The Labute approximate surface area is 195 Å². The maximum absolute atomic E-state index is 12.8. The molecule has 7 heteroatoms. The zero-order chi connectivity index (χ0) is 23.9. The largest absolute Gasteiger partial charge is 0.450 e. The lowest BCUT2D eigenvalue weighted by atomic mass is 9.96. The first kappa shape index (κ1) is 22.7. The highest BCUT2D eigenvalue weighted by molar-refractivity contribution is 5.99. The van der Waals surface area contributed by atoms with Crippen LogP contribution in [0.25, 0.3) is 0 Å². The third-order valence-corrected chi connectivity index (χ3v) is 5.10. The first-order valence-electron chi connectivity index (χ1n) is 10.5. The van der Waals surface area contributed by atoms with E-state index >= 15 is 0 Å². The van der Waals surface area contributed by atoms with Crippen molar-refractivity contribution >= 4 is 23.7 Å². The van der Waals surface area contributed by atoms with Crippen LogP contribution >= 0.6 is 0 Å². The number of carbonyl (C=O) groups excluding carboxylic acids is 4. The van der Waals surface area contributed by atoms with E-state index in [1.54, 1.807) is 78.9 Å². The predicted octanol–water partition coefficient (Wildman–Crippen LogP) is 3.80. The van der Waals surface area contributed by atoms with Gasteiger partial charge in [-0.2, -0.15) is 0 Å². The summed E-state index contributed by atoms with van der Waals surface area (Å²) in [7, 11) is 0. The molecule has 3 aromatic carbocycles. The molecule has 0 heterocycles. The van der Waals surface area contributed by atoms with Crippen molar-refractivity contribution in [3.8, 4) is 0 Å². The van der Waals surface area contributed by atoms with Crippen LogP contribution in [0.3, 0.4) is 0 Å². The van der Waals surface area contributed by atoms with Crippen LogP contribution in [0.5, 0.6) is 0 Å². The average molecular weight is 456 g/mol. The molecule has 3 atom stereocenters. The standard InChI is InChI=1S/C27H20O7/c28-21-16-17-22(32-25(29)18-10-4-1-5-11-18)24(34-27(31)20-14-8-3-9-15-20)23(21)33-26(30)19-12-6-2-7-13-19/h1-17,22-24H/t22-,23+,24+/m0/s1. The zero-order valence-corrected chi connectivity index (χ0v) is 17.9. The van der Waals surface area contributed by atoms with E-state index in [1.807, 2.05) is 0 Å². The van der Waals surface area contributed by atoms with Gasteiger partial charge in [0.1, 0.15) is 0 Å². The van der Waals surface area contributed by atoms with Gasteiger partial charge in [-0.3, -0.25) is 4.79 Å². The molecule has 0 amide bonds. The second-order valence-corrected chi connectivity index (χ2v) is 7.43. The van der Waals surface area contributed by atoms with Crippen molar-refractivity contribution in [2.45, 2.75) is 18.3 Å².